The third-order valence-electron chi connectivity index (χ3n) is 4.47. The monoisotopic (exact) mass is 313 g/mol. The molecule has 0 spiro atoms. The van der Waals surface area contributed by atoms with Crippen LogP contribution < -0.4 is 5.32 Å². The van der Waals surface area contributed by atoms with Gasteiger partial charge in [-0.3, -0.25) is 9.36 Å². The van der Waals surface area contributed by atoms with Crippen molar-refractivity contribution in [3.8, 4) is 0 Å². The van der Waals surface area contributed by atoms with Gasteiger partial charge in [0.05, 0.1) is 0 Å². The number of hydrogen-bond acceptors (Lipinski definition) is 2. The zero-order valence-electron chi connectivity index (χ0n) is 13.1. The summed E-state index contributed by atoms with van der Waals surface area (Å²) in [7, 11) is 0. The smallest absolute Gasteiger partial charge is 0.319 e. The van der Waals surface area contributed by atoms with Crippen molar-refractivity contribution in [1.29, 1.82) is 0 Å². The summed E-state index contributed by atoms with van der Waals surface area (Å²) >= 11 is 0. The number of carbonyl (C=O) groups is 1. The van der Waals surface area contributed by atoms with E-state index in [9.17, 15) is 13.6 Å². The Morgan fingerprint density at radius 1 is 1.41 bits per heavy atom. The Bertz CT molecular complexity index is 470. The topological polar surface area (TPSA) is 46.9 Å². The lowest BCUT2D eigenvalue weighted by molar-refractivity contribution is -0.125. The molecular formula is C16H25F2N3O. The number of aromatic nitrogens is 2. The average Bonchev–Trinajstić information content (AvgIpc) is 2.97. The van der Waals surface area contributed by atoms with E-state index in [-0.39, 0.29) is 11.8 Å². The lowest BCUT2D eigenvalue weighted by Gasteiger charge is -2.24. The molecule has 0 bridgehead atoms. The van der Waals surface area contributed by atoms with E-state index in [4.69, 9.17) is 0 Å². The first-order chi connectivity index (χ1) is 10.6. The molecule has 22 heavy (non-hydrogen) atoms. The van der Waals surface area contributed by atoms with E-state index in [1.807, 2.05) is 6.92 Å². The molecule has 1 aromatic heterocycles. The van der Waals surface area contributed by atoms with Crippen LogP contribution in [0.25, 0.3) is 0 Å². The van der Waals surface area contributed by atoms with Crippen LogP contribution in [-0.2, 0) is 11.2 Å². The van der Waals surface area contributed by atoms with Gasteiger partial charge in [0.2, 0.25) is 5.91 Å². The zero-order valence-corrected chi connectivity index (χ0v) is 13.1. The fraction of sp³-hybridized carbons (Fsp3) is 0.750. The maximum atomic E-state index is 12.7. The third-order valence-corrected chi connectivity index (χ3v) is 4.47. The molecule has 6 heteroatoms. The van der Waals surface area contributed by atoms with Crippen LogP contribution in [0.4, 0.5) is 8.78 Å². The van der Waals surface area contributed by atoms with Gasteiger partial charge in [0, 0.05) is 31.3 Å². The third kappa shape index (κ3) is 4.78. The number of nitrogens with zero attached hydrogens (tertiary/aromatic N) is 2. The highest BCUT2D eigenvalue weighted by molar-refractivity contribution is 5.78. The summed E-state index contributed by atoms with van der Waals surface area (Å²) in [6, 6.07) is 0. The van der Waals surface area contributed by atoms with Gasteiger partial charge in [-0.2, -0.15) is 8.78 Å². The van der Waals surface area contributed by atoms with E-state index in [0.717, 1.165) is 11.0 Å². The molecule has 1 N–H and O–H groups in total. The molecule has 2 rings (SSSR count). The number of rotatable bonds is 7. The van der Waals surface area contributed by atoms with Gasteiger partial charge in [0.25, 0.3) is 0 Å². The van der Waals surface area contributed by atoms with Gasteiger partial charge in [0.1, 0.15) is 5.82 Å². The van der Waals surface area contributed by atoms with Crippen molar-refractivity contribution in [1.82, 2.24) is 14.9 Å². The van der Waals surface area contributed by atoms with Crippen LogP contribution in [0.1, 0.15) is 57.8 Å². The molecule has 4 nitrogen and oxygen atoms in total. The molecule has 0 aromatic carbocycles. The van der Waals surface area contributed by atoms with E-state index in [2.05, 4.69) is 10.3 Å². The van der Waals surface area contributed by atoms with Gasteiger partial charge >= 0.3 is 6.55 Å². The molecule has 0 saturated heterocycles. The normalized spacial score (nSPS) is 17.6. The summed E-state index contributed by atoms with van der Waals surface area (Å²) in [6.07, 6.45) is 10.2. The molecular weight excluding hydrogens is 288 g/mol. The van der Waals surface area contributed by atoms with Crippen molar-refractivity contribution in [2.45, 2.75) is 58.4 Å². The zero-order chi connectivity index (χ0) is 15.9. The number of amides is 1. The number of hydrogen-bond donors (Lipinski definition) is 1. The summed E-state index contributed by atoms with van der Waals surface area (Å²) in [5, 5.41) is 2.84. The number of nitrogens with one attached hydrogen (secondary N) is 1. The van der Waals surface area contributed by atoms with Crippen LogP contribution in [0.2, 0.25) is 0 Å². The van der Waals surface area contributed by atoms with Crippen LogP contribution in [0.3, 0.4) is 0 Å². The first kappa shape index (κ1) is 16.9. The van der Waals surface area contributed by atoms with Crippen molar-refractivity contribution in [2.24, 2.45) is 11.8 Å². The molecule has 1 heterocycles. The maximum absolute atomic E-state index is 12.7. The van der Waals surface area contributed by atoms with E-state index < -0.39 is 6.55 Å². The summed E-state index contributed by atoms with van der Waals surface area (Å²) < 4.78 is 26.2. The highest BCUT2D eigenvalue weighted by Gasteiger charge is 2.20. The summed E-state index contributed by atoms with van der Waals surface area (Å²) in [5.74, 6) is 0.959. The first-order valence-corrected chi connectivity index (χ1v) is 8.15. The Balaban J connectivity index is 1.71. The fourth-order valence-electron chi connectivity index (χ4n) is 3.22. The first-order valence-electron chi connectivity index (χ1n) is 8.15. The maximum Gasteiger partial charge on any atom is 0.319 e. The van der Waals surface area contributed by atoms with Gasteiger partial charge in [-0.1, -0.05) is 39.0 Å². The van der Waals surface area contributed by atoms with Crippen LogP contribution >= 0.6 is 0 Å². The Morgan fingerprint density at radius 2 is 2.14 bits per heavy atom. The minimum Gasteiger partial charge on any atom is -0.355 e. The van der Waals surface area contributed by atoms with Crippen molar-refractivity contribution in [3.05, 3.63) is 18.2 Å². The molecule has 1 aliphatic carbocycles. The second-order valence-corrected chi connectivity index (χ2v) is 6.21. The number of halogens is 2. The molecule has 1 amide bonds. The van der Waals surface area contributed by atoms with Crippen LogP contribution in [0.5, 0.6) is 0 Å². The summed E-state index contributed by atoms with van der Waals surface area (Å²) in [4.78, 5) is 16.0. The highest BCUT2D eigenvalue weighted by atomic mass is 19.3. The van der Waals surface area contributed by atoms with E-state index in [0.29, 0.717) is 24.7 Å². The molecule has 1 fully saturated rings. The Labute approximate surface area is 130 Å². The van der Waals surface area contributed by atoms with Crippen molar-refractivity contribution in [3.63, 3.8) is 0 Å². The van der Waals surface area contributed by atoms with Gasteiger partial charge in [-0.05, 0) is 12.3 Å². The molecule has 1 saturated carbocycles. The van der Waals surface area contributed by atoms with E-state index >= 15 is 0 Å². The molecule has 1 aromatic rings. The number of imidazole rings is 1. The van der Waals surface area contributed by atoms with Gasteiger partial charge in [0.15, 0.2) is 0 Å². The Hall–Kier alpha value is -1.46. The molecule has 0 aliphatic heterocycles. The molecule has 124 valence electrons. The standard InChI is InChI=1S/C16H25F2N3O/c1-12(11-13-5-3-2-4-6-13)15(22)20-8-7-14-19-9-10-21(14)16(17)18/h9-10,12-13,16H,2-8,11H2,1H3,(H,20,22). The predicted molar refractivity (Wildman–Crippen MR) is 80.5 cm³/mol. The SMILES string of the molecule is CC(CC1CCCCC1)C(=O)NCCc1nccn1C(F)F. The number of alkyl halides is 2. The van der Waals surface area contributed by atoms with Crippen LogP contribution in [0.15, 0.2) is 12.4 Å². The van der Waals surface area contributed by atoms with Crippen molar-refractivity contribution in [2.75, 3.05) is 6.54 Å². The second-order valence-electron chi connectivity index (χ2n) is 6.21. The second kappa shape index (κ2) is 8.25. The molecule has 1 aliphatic rings. The van der Waals surface area contributed by atoms with Crippen molar-refractivity contribution < 1.29 is 13.6 Å². The lowest BCUT2D eigenvalue weighted by Crippen LogP contribution is -2.32. The Kier molecular flexibility index (Phi) is 6.34. The molecule has 1 atom stereocenters. The predicted octanol–water partition coefficient (Wildman–Crippen LogP) is 3.54. The van der Waals surface area contributed by atoms with E-state index in [1.54, 1.807) is 0 Å². The quantitative estimate of drug-likeness (QED) is 0.837. The Morgan fingerprint density at radius 3 is 2.82 bits per heavy atom. The molecule has 0 radical (unpaired) electrons. The van der Waals surface area contributed by atoms with E-state index in [1.165, 1.54) is 44.5 Å². The summed E-state index contributed by atoms with van der Waals surface area (Å²) in [6.45, 7) is -0.292. The van der Waals surface area contributed by atoms with Gasteiger partial charge in [-0.15, -0.1) is 0 Å². The average molecular weight is 313 g/mol. The highest BCUT2D eigenvalue weighted by Crippen LogP contribution is 2.28. The van der Waals surface area contributed by atoms with Crippen LogP contribution in [0, 0.1) is 11.8 Å². The van der Waals surface area contributed by atoms with Crippen LogP contribution in [-0.4, -0.2) is 22.0 Å². The molecule has 1 unspecified atom stereocenters. The lowest BCUT2D eigenvalue weighted by atomic mass is 9.83. The summed E-state index contributed by atoms with van der Waals surface area (Å²) in [5.41, 5.74) is 0. The van der Waals surface area contributed by atoms with Gasteiger partial charge in [-0.25, -0.2) is 4.98 Å². The fourth-order valence-corrected chi connectivity index (χ4v) is 3.22. The van der Waals surface area contributed by atoms with Crippen molar-refractivity contribution >= 4 is 5.91 Å². The minimum atomic E-state index is -2.58. The van der Waals surface area contributed by atoms with Gasteiger partial charge < -0.3 is 5.32 Å². The minimum absolute atomic E-state index is 0.0146. The number of carbonyl (C=O) groups excluding carboxylic acids is 1. The largest absolute Gasteiger partial charge is 0.355 e.